The van der Waals surface area contributed by atoms with Crippen molar-refractivity contribution in [1.82, 2.24) is 10.2 Å². The molecule has 1 unspecified atom stereocenters. The molecule has 6 heteroatoms. The topological polar surface area (TPSA) is 89.9 Å². The number of carboxylic acids is 1. The molecule has 2 atom stereocenters. The Hall–Kier alpha value is -1.30. The van der Waals surface area contributed by atoms with E-state index in [2.05, 4.69) is 5.32 Å². The van der Waals surface area contributed by atoms with Crippen LogP contribution in [-0.2, 0) is 4.79 Å². The van der Waals surface area contributed by atoms with Gasteiger partial charge in [0.05, 0.1) is 0 Å². The number of aliphatic carboxylic acids is 1. The molecule has 1 aliphatic rings. The predicted molar refractivity (Wildman–Crippen MR) is 75.5 cm³/mol. The second-order valence-electron chi connectivity index (χ2n) is 5.83. The lowest BCUT2D eigenvalue weighted by molar-refractivity contribution is -0.139. The summed E-state index contributed by atoms with van der Waals surface area (Å²) in [7, 11) is 0. The van der Waals surface area contributed by atoms with Crippen LogP contribution in [0.1, 0.15) is 46.0 Å². The summed E-state index contributed by atoms with van der Waals surface area (Å²) >= 11 is 0. The van der Waals surface area contributed by atoms with E-state index in [-0.39, 0.29) is 24.6 Å². The molecule has 0 aliphatic carbocycles. The zero-order valence-electron chi connectivity index (χ0n) is 12.3. The number of nitrogens with one attached hydrogen (secondary N) is 1. The molecule has 0 radical (unpaired) electrons. The normalized spacial score (nSPS) is 20.2. The zero-order valence-corrected chi connectivity index (χ0v) is 12.3. The molecular formula is C14H26N2O4. The Bertz CT molecular complexity index is 333. The highest BCUT2D eigenvalue weighted by Crippen LogP contribution is 2.21. The van der Waals surface area contributed by atoms with Crippen LogP contribution >= 0.6 is 0 Å². The number of hydrogen-bond donors (Lipinski definition) is 3. The zero-order chi connectivity index (χ0) is 15.1. The lowest BCUT2D eigenvalue weighted by atomic mass is 10.0. The Kier molecular flexibility index (Phi) is 6.78. The summed E-state index contributed by atoms with van der Waals surface area (Å²) in [5.74, 6) is -0.779. The highest BCUT2D eigenvalue weighted by atomic mass is 16.4. The maximum Gasteiger partial charge on any atom is 0.326 e. The van der Waals surface area contributed by atoms with Crippen LogP contribution < -0.4 is 5.32 Å². The van der Waals surface area contributed by atoms with Crippen LogP contribution in [0.3, 0.4) is 0 Å². The van der Waals surface area contributed by atoms with Crippen molar-refractivity contribution in [3.8, 4) is 0 Å². The Morgan fingerprint density at radius 2 is 2.10 bits per heavy atom. The molecule has 20 heavy (non-hydrogen) atoms. The van der Waals surface area contributed by atoms with E-state index in [1.165, 1.54) is 0 Å². The largest absolute Gasteiger partial charge is 0.480 e. The Morgan fingerprint density at radius 3 is 2.65 bits per heavy atom. The number of carbonyl (C=O) groups is 2. The Labute approximate surface area is 120 Å². The lowest BCUT2D eigenvalue weighted by Gasteiger charge is -2.27. The molecule has 1 fully saturated rings. The van der Waals surface area contributed by atoms with Crippen LogP contribution in [-0.4, -0.2) is 52.3 Å². The summed E-state index contributed by atoms with van der Waals surface area (Å²) in [5.41, 5.74) is 0. The van der Waals surface area contributed by atoms with Gasteiger partial charge in [-0.1, -0.05) is 13.8 Å². The van der Waals surface area contributed by atoms with Gasteiger partial charge in [-0.3, -0.25) is 0 Å². The molecule has 1 rings (SSSR count). The number of aliphatic hydroxyl groups excluding tert-OH is 1. The average Bonchev–Trinajstić information content (AvgIpc) is 2.83. The molecular weight excluding hydrogens is 260 g/mol. The molecule has 0 saturated carbocycles. The first kappa shape index (κ1) is 16.8. The quantitative estimate of drug-likeness (QED) is 0.660. The molecule has 1 saturated heterocycles. The summed E-state index contributed by atoms with van der Waals surface area (Å²) in [4.78, 5) is 25.1. The number of amides is 2. The maximum absolute atomic E-state index is 12.2. The van der Waals surface area contributed by atoms with E-state index in [0.29, 0.717) is 19.4 Å². The number of nitrogens with zero attached hydrogens (tertiary/aromatic N) is 1. The summed E-state index contributed by atoms with van der Waals surface area (Å²) in [6.07, 6.45) is 3.73. The molecule has 6 nitrogen and oxygen atoms in total. The van der Waals surface area contributed by atoms with Crippen molar-refractivity contribution in [2.45, 2.75) is 58.0 Å². The molecule has 1 heterocycles. The van der Waals surface area contributed by atoms with E-state index in [0.717, 1.165) is 19.3 Å². The first-order valence-electron chi connectivity index (χ1n) is 7.36. The van der Waals surface area contributed by atoms with E-state index in [9.17, 15) is 9.59 Å². The van der Waals surface area contributed by atoms with Gasteiger partial charge >= 0.3 is 12.0 Å². The fourth-order valence-electron chi connectivity index (χ4n) is 2.65. The third-order valence-electron chi connectivity index (χ3n) is 3.64. The monoisotopic (exact) mass is 286 g/mol. The van der Waals surface area contributed by atoms with E-state index < -0.39 is 12.0 Å². The van der Waals surface area contributed by atoms with Crippen LogP contribution in [0, 0.1) is 5.92 Å². The van der Waals surface area contributed by atoms with Gasteiger partial charge in [0.1, 0.15) is 6.04 Å². The minimum atomic E-state index is -0.988. The minimum Gasteiger partial charge on any atom is -0.480 e. The van der Waals surface area contributed by atoms with E-state index >= 15 is 0 Å². The van der Waals surface area contributed by atoms with Crippen molar-refractivity contribution in [3.05, 3.63) is 0 Å². The van der Waals surface area contributed by atoms with Crippen LogP contribution in [0.15, 0.2) is 0 Å². The van der Waals surface area contributed by atoms with Crippen molar-refractivity contribution >= 4 is 12.0 Å². The number of urea groups is 1. The standard InChI is InChI=1S/C14H26N2O4/c1-10(2)9-12(13(18)19)15-14(20)16-7-3-5-11(16)6-4-8-17/h10-12,17H,3-9H2,1-2H3,(H,15,20)(H,18,19)/t11?,12-/m1/s1. The highest BCUT2D eigenvalue weighted by molar-refractivity contribution is 5.82. The Morgan fingerprint density at radius 1 is 1.40 bits per heavy atom. The second kappa shape index (κ2) is 8.09. The number of aliphatic hydroxyl groups is 1. The first-order chi connectivity index (χ1) is 9.45. The molecule has 3 N–H and O–H groups in total. The molecule has 1 aliphatic heterocycles. The number of hydrogen-bond acceptors (Lipinski definition) is 3. The van der Waals surface area contributed by atoms with Crippen LogP contribution in [0.5, 0.6) is 0 Å². The van der Waals surface area contributed by atoms with Gasteiger partial charge in [-0.2, -0.15) is 0 Å². The van der Waals surface area contributed by atoms with Crippen molar-refractivity contribution in [2.75, 3.05) is 13.2 Å². The van der Waals surface area contributed by atoms with Crippen LogP contribution in [0.4, 0.5) is 4.79 Å². The third kappa shape index (κ3) is 5.00. The van der Waals surface area contributed by atoms with Crippen molar-refractivity contribution < 1.29 is 19.8 Å². The van der Waals surface area contributed by atoms with Gasteiger partial charge in [0.25, 0.3) is 0 Å². The highest BCUT2D eigenvalue weighted by Gasteiger charge is 2.31. The molecule has 0 bridgehead atoms. The summed E-state index contributed by atoms with van der Waals surface area (Å²) < 4.78 is 0. The van der Waals surface area contributed by atoms with E-state index in [1.807, 2.05) is 13.8 Å². The van der Waals surface area contributed by atoms with Crippen LogP contribution in [0.2, 0.25) is 0 Å². The van der Waals surface area contributed by atoms with Gasteiger partial charge in [-0.05, 0) is 38.0 Å². The molecule has 0 aromatic carbocycles. The van der Waals surface area contributed by atoms with Gasteiger partial charge in [0.2, 0.25) is 0 Å². The average molecular weight is 286 g/mol. The SMILES string of the molecule is CC(C)C[C@@H](NC(=O)N1CCCC1CCCO)C(=O)O. The fraction of sp³-hybridized carbons (Fsp3) is 0.857. The maximum atomic E-state index is 12.2. The fourth-order valence-corrected chi connectivity index (χ4v) is 2.65. The lowest BCUT2D eigenvalue weighted by Crippen LogP contribution is -2.49. The summed E-state index contributed by atoms with van der Waals surface area (Å²) in [6, 6.07) is -1.00. The second-order valence-corrected chi connectivity index (χ2v) is 5.83. The minimum absolute atomic E-state index is 0.121. The van der Waals surface area contributed by atoms with Crippen molar-refractivity contribution in [1.29, 1.82) is 0 Å². The van der Waals surface area contributed by atoms with Gasteiger partial charge in [0.15, 0.2) is 0 Å². The van der Waals surface area contributed by atoms with Gasteiger partial charge in [-0.15, -0.1) is 0 Å². The van der Waals surface area contributed by atoms with E-state index in [1.54, 1.807) is 4.90 Å². The number of carbonyl (C=O) groups excluding carboxylic acids is 1. The van der Waals surface area contributed by atoms with Crippen molar-refractivity contribution in [3.63, 3.8) is 0 Å². The molecule has 0 aromatic heterocycles. The summed E-state index contributed by atoms with van der Waals surface area (Å²) in [6.45, 7) is 4.65. The molecule has 2 amide bonds. The van der Waals surface area contributed by atoms with Crippen molar-refractivity contribution in [2.24, 2.45) is 5.92 Å². The molecule has 0 aromatic rings. The van der Waals surface area contributed by atoms with Gasteiger partial charge in [0, 0.05) is 19.2 Å². The molecule has 116 valence electrons. The first-order valence-corrected chi connectivity index (χ1v) is 7.36. The number of likely N-dealkylation sites (tertiary alicyclic amines) is 1. The van der Waals surface area contributed by atoms with Gasteiger partial charge in [-0.25, -0.2) is 9.59 Å². The van der Waals surface area contributed by atoms with Crippen LogP contribution in [0.25, 0.3) is 0 Å². The number of carboxylic acid groups (broad SMARTS) is 1. The predicted octanol–water partition coefficient (Wildman–Crippen LogP) is 1.43. The number of rotatable bonds is 7. The molecule has 0 spiro atoms. The summed E-state index contributed by atoms with van der Waals surface area (Å²) in [5, 5.41) is 20.6. The van der Waals surface area contributed by atoms with Gasteiger partial charge < -0.3 is 20.4 Å². The third-order valence-corrected chi connectivity index (χ3v) is 3.64. The smallest absolute Gasteiger partial charge is 0.326 e. The Balaban J connectivity index is 2.56. The van der Waals surface area contributed by atoms with E-state index in [4.69, 9.17) is 10.2 Å².